The molecule has 0 unspecified atom stereocenters. The molecule has 0 aromatic heterocycles. The van der Waals surface area contributed by atoms with Crippen molar-refractivity contribution in [2.75, 3.05) is 12.3 Å². The first-order valence-electron chi connectivity index (χ1n) is 8.90. The van der Waals surface area contributed by atoms with Gasteiger partial charge in [0.05, 0.1) is 12.2 Å². The lowest BCUT2D eigenvalue weighted by atomic mass is 10.1. The van der Waals surface area contributed by atoms with Gasteiger partial charge in [-0.05, 0) is 24.6 Å². The Balaban J connectivity index is 2.02. The molecule has 4 heteroatoms. The number of phenolic OH excluding ortho intramolecular Hbond substituents is 1. The van der Waals surface area contributed by atoms with Crippen LogP contribution < -0.4 is 5.73 Å². The second-order valence-electron chi connectivity index (χ2n) is 6.09. The molecule has 0 saturated heterocycles. The van der Waals surface area contributed by atoms with E-state index < -0.39 is 5.97 Å². The summed E-state index contributed by atoms with van der Waals surface area (Å²) in [5.41, 5.74) is 6.27. The summed E-state index contributed by atoms with van der Waals surface area (Å²) in [5.74, 6) is -0.445. The van der Waals surface area contributed by atoms with E-state index in [2.05, 4.69) is 6.92 Å². The molecule has 0 spiro atoms. The summed E-state index contributed by atoms with van der Waals surface area (Å²) < 4.78 is 5.21. The standard InChI is InChI=1S/C19H31NO3/c1-2-3-4-5-6-7-8-9-10-11-14-23-19(22)17-15-16(21)12-13-18(17)20/h12-13,15,21H,2-11,14,20H2,1H3. The molecule has 0 aliphatic heterocycles. The first kappa shape index (κ1) is 19.3. The highest BCUT2D eigenvalue weighted by Crippen LogP contribution is 2.19. The van der Waals surface area contributed by atoms with E-state index in [4.69, 9.17) is 10.5 Å². The van der Waals surface area contributed by atoms with Gasteiger partial charge in [-0.25, -0.2) is 4.79 Å². The predicted octanol–water partition coefficient (Wildman–Crippen LogP) is 5.05. The van der Waals surface area contributed by atoms with Crippen LogP contribution in [0.5, 0.6) is 5.75 Å². The molecule has 23 heavy (non-hydrogen) atoms. The second-order valence-corrected chi connectivity index (χ2v) is 6.09. The van der Waals surface area contributed by atoms with Crippen molar-refractivity contribution < 1.29 is 14.6 Å². The van der Waals surface area contributed by atoms with Crippen molar-refractivity contribution in [3.8, 4) is 5.75 Å². The zero-order valence-electron chi connectivity index (χ0n) is 14.4. The number of aromatic hydroxyl groups is 1. The fourth-order valence-electron chi connectivity index (χ4n) is 2.55. The molecule has 1 aromatic carbocycles. The van der Waals surface area contributed by atoms with Gasteiger partial charge in [0.25, 0.3) is 0 Å². The number of carbonyl (C=O) groups excluding carboxylic acids is 1. The summed E-state index contributed by atoms with van der Waals surface area (Å²) in [4.78, 5) is 11.9. The summed E-state index contributed by atoms with van der Waals surface area (Å²) in [7, 11) is 0. The number of benzene rings is 1. The zero-order chi connectivity index (χ0) is 16.9. The maximum atomic E-state index is 11.9. The van der Waals surface area contributed by atoms with Crippen LogP contribution in [0.25, 0.3) is 0 Å². The lowest BCUT2D eigenvalue weighted by Crippen LogP contribution is -2.09. The van der Waals surface area contributed by atoms with Crippen LogP contribution in [0.1, 0.15) is 81.5 Å². The number of nitrogen functional groups attached to an aromatic ring is 1. The molecule has 0 bridgehead atoms. The van der Waals surface area contributed by atoms with Crippen LogP contribution in [0.3, 0.4) is 0 Å². The molecule has 0 amide bonds. The van der Waals surface area contributed by atoms with E-state index in [1.54, 1.807) is 0 Å². The molecule has 0 fully saturated rings. The number of hydrogen-bond acceptors (Lipinski definition) is 4. The maximum absolute atomic E-state index is 11.9. The van der Waals surface area contributed by atoms with Crippen LogP contribution in [0, 0.1) is 0 Å². The van der Waals surface area contributed by atoms with Crippen molar-refractivity contribution in [2.24, 2.45) is 0 Å². The summed E-state index contributed by atoms with van der Waals surface area (Å²) >= 11 is 0. The summed E-state index contributed by atoms with van der Waals surface area (Å²) in [6, 6.07) is 4.30. The minimum atomic E-state index is -0.464. The molecule has 0 saturated carbocycles. The van der Waals surface area contributed by atoms with Gasteiger partial charge < -0.3 is 15.6 Å². The van der Waals surface area contributed by atoms with Gasteiger partial charge in [-0.2, -0.15) is 0 Å². The molecule has 4 nitrogen and oxygen atoms in total. The van der Waals surface area contributed by atoms with E-state index in [1.165, 1.54) is 69.6 Å². The highest BCUT2D eigenvalue weighted by Gasteiger charge is 2.11. The summed E-state index contributed by atoms with van der Waals surface area (Å²) in [6.07, 6.45) is 12.4. The van der Waals surface area contributed by atoms with Crippen LogP contribution in [-0.4, -0.2) is 17.7 Å². The average molecular weight is 321 g/mol. The topological polar surface area (TPSA) is 72.5 Å². The molecule has 0 aliphatic rings. The van der Waals surface area contributed by atoms with Gasteiger partial charge in [0, 0.05) is 5.69 Å². The van der Waals surface area contributed by atoms with E-state index >= 15 is 0 Å². The third-order valence-electron chi connectivity index (χ3n) is 3.99. The van der Waals surface area contributed by atoms with Crippen molar-refractivity contribution >= 4 is 11.7 Å². The van der Waals surface area contributed by atoms with Gasteiger partial charge in [0.2, 0.25) is 0 Å². The lowest BCUT2D eigenvalue weighted by molar-refractivity contribution is 0.0498. The van der Waals surface area contributed by atoms with Crippen molar-refractivity contribution in [3.63, 3.8) is 0 Å². The number of rotatable bonds is 12. The number of phenols is 1. The van der Waals surface area contributed by atoms with Crippen molar-refractivity contribution in [2.45, 2.75) is 71.1 Å². The first-order chi connectivity index (χ1) is 11.1. The fourth-order valence-corrected chi connectivity index (χ4v) is 2.55. The Bertz CT molecular complexity index is 460. The molecule has 0 aliphatic carbocycles. The highest BCUT2D eigenvalue weighted by atomic mass is 16.5. The van der Waals surface area contributed by atoms with Gasteiger partial charge in [0.15, 0.2) is 0 Å². The number of nitrogens with two attached hydrogens (primary N) is 1. The Morgan fingerprint density at radius 1 is 1.00 bits per heavy atom. The number of esters is 1. The Morgan fingerprint density at radius 2 is 1.57 bits per heavy atom. The van der Waals surface area contributed by atoms with Crippen LogP contribution in [0.4, 0.5) is 5.69 Å². The molecule has 0 radical (unpaired) electrons. The maximum Gasteiger partial charge on any atom is 0.340 e. The monoisotopic (exact) mass is 321 g/mol. The largest absolute Gasteiger partial charge is 0.508 e. The number of anilines is 1. The molecular weight excluding hydrogens is 290 g/mol. The van der Waals surface area contributed by atoms with Gasteiger partial charge in [-0.15, -0.1) is 0 Å². The van der Waals surface area contributed by atoms with Crippen molar-refractivity contribution in [1.29, 1.82) is 0 Å². The Labute approximate surface area is 140 Å². The predicted molar refractivity (Wildman–Crippen MR) is 94.6 cm³/mol. The van der Waals surface area contributed by atoms with Gasteiger partial charge in [-0.1, -0.05) is 64.7 Å². The van der Waals surface area contributed by atoms with E-state index in [1.807, 2.05) is 0 Å². The third kappa shape index (κ3) is 8.48. The number of carbonyl (C=O) groups is 1. The van der Waals surface area contributed by atoms with Crippen molar-refractivity contribution in [1.82, 2.24) is 0 Å². The molecular formula is C19H31NO3. The number of unbranched alkanes of at least 4 members (excludes halogenated alkanes) is 9. The van der Waals surface area contributed by atoms with Crippen LogP contribution in [0.15, 0.2) is 18.2 Å². The Morgan fingerprint density at radius 3 is 2.17 bits per heavy atom. The van der Waals surface area contributed by atoms with Crippen molar-refractivity contribution in [3.05, 3.63) is 23.8 Å². The van der Waals surface area contributed by atoms with Crippen LogP contribution in [-0.2, 0) is 4.74 Å². The second kappa shape index (κ2) is 11.8. The summed E-state index contributed by atoms with van der Waals surface area (Å²) in [5, 5.41) is 9.38. The third-order valence-corrected chi connectivity index (χ3v) is 3.99. The van der Waals surface area contributed by atoms with Gasteiger partial charge in [0.1, 0.15) is 5.75 Å². The van der Waals surface area contributed by atoms with Gasteiger partial charge in [-0.3, -0.25) is 0 Å². The highest BCUT2D eigenvalue weighted by molar-refractivity contribution is 5.95. The normalized spacial score (nSPS) is 10.7. The lowest BCUT2D eigenvalue weighted by Gasteiger charge is -2.07. The SMILES string of the molecule is CCCCCCCCCCCCOC(=O)c1cc(O)ccc1N. The number of hydrogen-bond donors (Lipinski definition) is 2. The van der Waals surface area contributed by atoms with Crippen LogP contribution >= 0.6 is 0 Å². The van der Waals surface area contributed by atoms with Crippen LogP contribution in [0.2, 0.25) is 0 Å². The molecule has 0 heterocycles. The smallest absolute Gasteiger partial charge is 0.340 e. The minimum absolute atomic E-state index is 0.0186. The molecule has 3 N–H and O–H groups in total. The molecule has 0 atom stereocenters. The Hall–Kier alpha value is -1.71. The molecule has 1 rings (SSSR count). The number of ether oxygens (including phenoxy) is 1. The first-order valence-corrected chi connectivity index (χ1v) is 8.90. The van der Waals surface area contributed by atoms with E-state index in [0.29, 0.717) is 12.3 Å². The fraction of sp³-hybridized carbons (Fsp3) is 0.632. The average Bonchev–Trinajstić information content (AvgIpc) is 2.54. The van der Waals surface area contributed by atoms with E-state index in [0.717, 1.165) is 12.8 Å². The van der Waals surface area contributed by atoms with E-state index in [-0.39, 0.29) is 11.3 Å². The Kier molecular flexibility index (Phi) is 9.92. The quantitative estimate of drug-likeness (QED) is 0.244. The molecule has 130 valence electrons. The van der Waals surface area contributed by atoms with E-state index in [9.17, 15) is 9.90 Å². The zero-order valence-corrected chi connectivity index (χ0v) is 14.4. The summed E-state index contributed by atoms with van der Waals surface area (Å²) in [6.45, 7) is 2.64. The molecule has 1 aromatic rings. The minimum Gasteiger partial charge on any atom is -0.508 e. The van der Waals surface area contributed by atoms with Gasteiger partial charge >= 0.3 is 5.97 Å².